The Morgan fingerprint density at radius 2 is 2.24 bits per heavy atom. The maximum atomic E-state index is 10.7. The van der Waals surface area contributed by atoms with E-state index in [4.69, 9.17) is 5.11 Å². The Morgan fingerprint density at radius 1 is 1.53 bits per heavy atom. The second-order valence-corrected chi connectivity index (χ2v) is 4.16. The molecule has 0 spiro atoms. The summed E-state index contributed by atoms with van der Waals surface area (Å²) in [5, 5.41) is 19.1. The molecule has 0 radical (unpaired) electrons. The molecule has 90 valence electrons. The summed E-state index contributed by atoms with van der Waals surface area (Å²) in [6.45, 7) is 0. The van der Waals surface area contributed by atoms with E-state index in [0.29, 0.717) is 16.5 Å². The summed E-state index contributed by atoms with van der Waals surface area (Å²) >= 11 is 3.09. The van der Waals surface area contributed by atoms with Crippen molar-refractivity contribution in [2.75, 3.05) is 0 Å². The predicted octanol–water partition coefficient (Wildman–Crippen LogP) is 3.24. The smallest absolute Gasteiger partial charge is 0.303 e. The van der Waals surface area contributed by atoms with Gasteiger partial charge in [-0.3, -0.25) is 14.9 Å². The van der Waals surface area contributed by atoms with Crippen LogP contribution in [-0.2, 0) is 4.79 Å². The van der Waals surface area contributed by atoms with Crippen LogP contribution in [0.4, 0.5) is 5.69 Å². The Bertz CT molecular complexity index is 471. The van der Waals surface area contributed by atoms with Crippen molar-refractivity contribution in [2.24, 2.45) is 0 Å². The molecule has 0 saturated heterocycles. The maximum absolute atomic E-state index is 10.7. The van der Waals surface area contributed by atoms with Gasteiger partial charge in [-0.15, -0.1) is 0 Å². The summed E-state index contributed by atoms with van der Waals surface area (Å²) in [5.41, 5.74) is 0.663. The summed E-state index contributed by atoms with van der Waals surface area (Å²) in [7, 11) is 0. The molecule has 0 heterocycles. The second kappa shape index (κ2) is 6.15. The number of benzene rings is 1. The summed E-state index contributed by atoms with van der Waals surface area (Å²) in [6, 6.07) is 4.74. The van der Waals surface area contributed by atoms with E-state index in [1.807, 2.05) is 0 Å². The quantitative estimate of drug-likeness (QED) is 0.668. The molecule has 0 aliphatic heterocycles. The molecule has 0 aromatic heterocycles. The van der Waals surface area contributed by atoms with E-state index in [-0.39, 0.29) is 12.1 Å². The third-order valence-electron chi connectivity index (χ3n) is 2.00. The van der Waals surface area contributed by atoms with Gasteiger partial charge in [0.05, 0.1) is 9.40 Å². The van der Waals surface area contributed by atoms with Crippen LogP contribution in [0.2, 0.25) is 0 Å². The molecule has 1 aromatic carbocycles. The average Bonchev–Trinajstić information content (AvgIpc) is 2.25. The van der Waals surface area contributed by atoms with Gasteiger partial charge in [0, 0.05) is 12.5 Å². The van der Waals surface area contributed by atoms with Gasteiger partial charge in [0.1, 0.15) is 0 Å². The number of halogens is 1. The molecular weight excluding hydrogens is 290 g/mol. The highest BCUT2D eigenvalue weighted by Gasteiger charge is 2.10. The van der Waals surface area contributed by atoms with Crippen LogP contribution < -0.4 is 0 Å². The van der Waals surface area contributed by atoms with Gasteiger partial charge < -0.3 is 5.11 Å². The van der Waals surface area contributed by atoms with E-state index >= 15 is 0 Å². The molecule has 1 aromatic rings. The largest absolute Gasteiger partial charge is 0.481 e. The highest BCUT2D eigenvalue weighted by Crippen LogP contribution is 2.26. The molecule has 0 atom stereocenters. The number of nitro groups is 1. The van der Waals surface area contributed by atoms with E-state index < -0.39 is 10.9 Å². The van der Waals surface area contributed by atoms with Crippen molar-refractivity contribution in [1.29, 1.82) is 0 Å². The van der Waals surface area contributed by atoms with Crippen LogP contribution in [0.1, 0.15) is 18.4 Å². The van der Waals surface area contributed by atoms with Crippen LogP contribution in [0.15, 0.2) is 28.7 Å². The SMILES string of the molecule is O=C(O)CCC=Cc1ccc(Br)c([N+](=O)[O-])c1. The summed E-state index contributed by atoms with van der Waals surface area (Å²) in [5.74, 6) is -0.864. The minimum absolute atomic E-state index is 0.00890. The number of aliphatic carboxylic acids is 1. The number of carbonyl (C=O) groups is 1. The topological polar surface area (TPSA) is 80.4 Å². The highest BCUT2D eigenvalue weighted by molar-refractivity contribution is 9.10. The van der Waals surface area contributed by atoms with Gasteiger partial charge in [-0.05, 0) is 34.0 Å². The van der Waals surface area contributed by atoms with Crippen molar-refractivity contribution >= 4 is 33.7 Å². The van der Waals surface area contributed by atoms with Crippen molar-refractivity contribution in [2.45, 2.75) is 12.8 Å². The molecule has 0 saturated carbocycles. The Labute approximate surface area is 106 Å². The van der Waals surface area contributed by atoms with Crippen molar-refractivity contribution < 1.29 is 14.8 Å². The van der Waals surface area contributed by atoms with Crippen molar-refractivity contribution in [3.63, 3.8) is 0 Å². The maximum Gasteiger partial charge on any atom is 0.303 e. The Balaban J connectivity index is 2.75. The summed E-state index contributed by atoms with van der Waals surface area (Å²) in [4.78, 5) is 20.5. The first-order valence-electron chi connectivity index (χ1n) is 4.83. The number of carboxylic acid groups (broad SMARTS) is 1. The lowest BCUT2D eigenvalue weighted by Crippen LogP contribution is -1.91. The Morgan fingerprint density at radius 3 is 2.82 bits per heavy atom. The van der Waals surface area contributed by atoms with Gasteiger partial charge in [0.25, 0.3) is 5.69 Å². The molecule has 0 aliphatic rings. The molecule has 0 bridgehead atoms. The lowest BCUT2D eigenvalue weighted by atomic mass is 10.1. The van der Waals surface area contributed by atoms with Crippen LogP contribution in [0.3, 0.4) is 0 Å². The van der Waals surface area contributed by atoms with Gasteiger partial charge >= 0.3 is 5.97 Å². The van der Waals surface area contributed by atoms with Crippen LogP contribution >= 0.6 is 15.9 Å². The monoisotopic (exact) mass is 299 g/mol. The first-order chi connectivity index (χ1) is 8.00. The first-order valence-corrected chi connectivity index (χ1v) is 5.62. The third-order valence-corrected chi connectivity index (χ3v) is 2.67. The fourth-order valence-electron chi connectivity index (χ4n) is 1.20. The number of nitro benzene ring substituents is 1. The standard InChI is InChI=1S/C11H10BrNO4/c12-9-6-5-8(7-10(9)13(16)17)3-1-2-4-11(14)15/h1,3,5-7H,2,4H2,(H,14,15). The van der Waals surface area contributed by atoms with E-state index in [2.05, 4.69) is 15.9 Å². The van der Waals surface area contributed by atoms with Gasteiger partial charge in [-0.2, -0.15) is 0 Å². The molecule has 5 nitrogen and oxygen atoms in total. The predicted molar refractivity (Wildman–Crippen MR) is 66.7 cm³/mol. The van der Waals surface area contributed by atoms with Crippen molar-refractivity contribution in [3.8, 4) is 0 Å². The lowest BCUT2D eigenvalue weighted by molar-refractivity contribution is -0.385. The molecule has 0 fully saturated rings. The zero-order valence-electron chi connectivity index (χ0n) is 8.80. The number of hydrogen-bond donors (Lipinski definition) is 1. The van der Waals surface area contributed by atoms with Gasteiger partial charge in [0.2, 0.25) is 0 Å². The Kier molecular flexibility index (Phi) is 4.84. The minimum Gasteiger partial charge on any atom is -0.481 e. The van der Waals surface area contributed by atoms with E-state index in [1.54, 1.807) is 24.3 Å². The zero-order valence-corrected chi connectivity index (χ0v) is 10.4. The van der Waals surface area contributed by atoms with E-state index in [0.717, 1.165) is 0 Å². The van der Waals surface area contributed by atoms with Crippen molar-refractivity contribution in [3.05, 3.63) is 44.4 Å². The fraction of sp³-hybridized carbons (Fsp3) is 0.182. The fourth-order valence-corrected chi connectivity index (χ4v) is 1.59. The number of rotatable bonds is 5. The van der Waals surface area contributed by atoms with Crippen LogP contribution in [-0.4, -0.2) is 16.0 Å². The van der Waals surface area contributed by atoms with Gasteiger partial charge in [0.15, 0.2) is 0 Å². The molecule has 1 rings (SSSR count). The Hall–Kier alpha value is -1.69. The zero-order chi connectivity index (χ0) is 12.8. The first kappa shape index (κ1) is 13.4. The molecule has 17 heavy (non-hydrogen) atoms. The summed E-state index contributed by atoms with van der Waals surface area (Å²) in [6.07, 6.45) is 3.80. The van der Waals surface area contributed by atoms with Crippen LogP contribution in [0.5, 0.6) is 0 Å². The molecule has 0 aliphatic carbocycles. The highest BCUT2D eigenvalue weighted by atomic mass is 79.9. The minimum atomic E-state index is -0.864. The normalized spacial score (nSPS) is 10.6. The van der Waals surface area contributed by atoms with Crippen molar-refractivity contribution in [1.82, 2.24) is 0 Å². The van der Waals surface area contributed by atoms with Gasteiger partial charge in [-0.25, -0.2) is 0 Å². The second-order valence-electron chi connectivity index (χ2n) is 3.30. The van der Waals surface area contributed by atoms with Gasteiger partial charge in [-0.1, -0.05) is 18.2 Å². The molecule has 1 N–H and O–H groups in total. The lowest BCUT2D eigenvalue weighted by Gasteiger charge is -1.97. The van der Waals surface area contributed by atoms with E-state index in [9.17, 15) is 14.9 Å². The average molecular weight is 300 g/mol. The number of allylic oxidation sites excluding steroid dienone is 1. The van der Waals surface area contributed by atoms with Crippen LogP contribution in [0, 0.1) is 10.1 Å². The molecule has 0 amide bonds. The van der Waals surface area contributed by atoms with Crippen LogP contribution in [0.25, 0.3) is 6.08 Å². The molecule has 0 unspecified atom stereocenters. The number of nitrogens with zero attached hydrogens (tertiary/aromatic N) is 1. The molecule has 6 heteroatoms. The molecular formula is C11H10BrNO4. The third kappa shape index (κ3) is 4.36. The number of carboxylic acids is 1. The number of hydrogen-bond acceptors (Lipinski definition) is 3. The van der Waals surface area contributed by atoms with E-state index in [1.165, 1.54) is 6.07 Å². The summed E-state index contributed by atoms with van der Waals surface area (Å²) < 4.78 is 0.421.